The number of hydrogen-bond acceptors (Lipinski definition) is 0. The Labute approximate surface area is 223 Å². The molecule has 0 unspecified atom stereocenters. The summed E-state index contributed by atoms with van der Waals surface area (Å²) in [6.07, 6.45) is 0. The van der Waals surface area contributed by atoms with Crippen molar-refractivity contribution >= 4 is 86.8 Å². The molecular formula is H65Al5O25. The van der Waals surface area contributed by atoms with Crippen LogP contribution in [-0.4, -0.2) is 224 Å². The summed E-state index contributed by atoms with van der Waals surface area (Å²) in [6, 6.07) is 0. The number of hydrogen-bond donors (Lipinski definition) is 0. The monoisotopic (exact) mass is 600 g/mol. The van der Waals surface area contributed by atoms with E-state index < -0.39 is 0 Å². The lowest BCUT2D eigenvalue weighted by molar-refractivity contribution is 0.823. The normalized spacial score (nSPS) is 0. The Kier molecular flexibility index (Phi) is 3510000. The molecule has 230 valence electrons. The molecule has 50 N–H and O–H groups in total. The molecule has 0 heterocycles. The van der Waals surface area contributed by atoms with Crippen LogP contribution in [0.2, 0.25) is 0 Å². The van der Waals surface area contributed by atoms with Crippen LogP contribution in [0.5, 0.6) is 0 Å². The van der Waals surface area contributed by atoms with E-state index in [0.29, 0.717) is 0 Å². The van der Waals surface area contributed by atoms with Gasteiger partial charge in [-0.2, -0.15) is 0 Å². The van der Waals surface area contributed by atoms with Gasteiger partial charge in [0.05, 0.1) is 0 Å². The molecule has 0 spiro atoms. The van der Waals surface area contributed by atoms with E-state index in [1.165, 1.54) is 0 Å². The molecular weight excluding hydrogens is 535 g/mol. The van der Waals surface area contributed by atoms with Gasteiger partial charge in [0.15, 0.2) is 86.8 Å². The van der Waals surface area contributed by atoms with Crippen molar-refractivity contribution in [1.82, 2.24) is 0 Å². The van der Waals surface area contributed by atoms with Crippen LogP contribution in [-0.2, 0) is 0 Å². The zero-order chi connectivity index (χ0) is 0. The summed E-state index contributed by atoms with van der Waals surface area (Å²) >= 11 is 0. The Morgan fingerprint density at radius 2 is 0.0667 bits per heavy atom. The third-order valence-corrected chi connectivity index (χ3v) is 0. The third-order valence-electron chi connectivity index (χ3n) is 0. The summed E-state index contributed by atoms with van der Waals surface area (Å²) in [5.41, 5.74) is 0. The van der Waals surface area contributed by atoms with Gasteiger partial charge in [-0.1, -0.05) is 0 Å². The van der Waals surface area contributed by atoms with E-state index >= 15 is 0 Å². The van der Waals surface area contributed by atoms with E-state index in [9.17, 15) is 0 Å². The summed E-state index contributed by atoms with van der Waals surface area (Å²) in [7, 11) is 0. The van der Waals surface area contributed by atoms with Gasteiger partial charge >= 0.3 is 0 Å². The SMILES string of the molecule is O.O.O.O.O.O.O.O.O.O.O.O.O.O.O.O.O.O.O.O.O.O.O.O.O.[AlH3].[AlH3].[AlH3].[AlH3].[AlH3]. The molecule has 0 rings (SSSR count). The minimum absolute atomic E-state index is 0. The van der Waals surface area contributed by atoms with Gasteiger partial charge in [-0.25, -0.2) is 0 Å². The van der Waals surface area contributed by atoms with Crippen LogP contribution in [0, 0.1) is 0 Å². The minimum atomic E-state index is 0. The second-order valence-corrected chi connectivity index (χ2v) is 0. The van der Waals surface area contributed by atoms with Crippen LogP contribution in [0.4, 0.5) is 0 Å². The van der Waals surface area contributed by atoms with Crippen LogP contribution in [0.1, 0.15) is 0 Å². The molecule has 0 bridgehead atoms. The average Bonchev–Trinajstić information content (AvgIpc) is 0. The Balaban J connectivity index is 0. The second kappa shape index (κ2) is 9760. The summed E-state index contributed by atoms with van der Waals surface area (Å²) in [5, 5.41) is 0. The maximum atomic E-state index is 0. The van der Waals surface area contributed by atoms with E-state index in [-0.39, 0.29) is 224 Å². The summed E-state index contributed by atoms with van der Waals surface area (Å²) in [6.45, 7) is 0. The van der Waals surface area contributed by atoms with E-state index in [1.807, 2.05) is 0 Å². The van der Waals surface area contributed by atoms with E-state index in [1.54, 1.807) is 0 Å². The molecule has 0 radical (unpaired) electrons. The Bertz CT molecular complexity index is 19.5. The molecule has 0 atom stereocenters. The fourth-order valence-electron chi connectivity index (χ4n) is 0. The van der Waals surface area contributed by atoms with Gasteiger partial charge in [0.25, 0.3) is 0 Å². The Hall–Kier alpha value is 1.66. The molecule has 30 heavy (non-hydrogen) atoms. The molecule has 0 aromatic heterocycles. The number of rotatable bonds is 0. The maximum absolute atomic E-state index is 0. The maximum Gasteiger partial charge on any atom is 0.187 e. The molecule has 0 aliphatic heterocycles. The molecule has 0 saturated carbocycles. The van der Waals surface area contributed by atoms with Crippen molar-refractivity contribution in [1.29, 1.82) is 0 Å². The fraction of sp³-hybridized carbons (Fsp3) is 0. The van der Waals surface area contributed by atoms with Crippen molar-refractivity contribution in [2.45, 2.75) is 0 Å². The van der Waals surface area contributed by atoms with Crippen molar-refractivity contribution in [2.24, 2.45) is 0 Å². The second-order valence-electron chi connectivity index (χ2n) is 0. The highest BCUT2D eigenvalue weighted by Gasteiger charge is 0.191. The first-order valence-electron chi connectivity index (χ1n) is 0. The molecule has 0 aromatic carbocycles. The first-order valence-corrected chi connectivity index (χ1v) is 0. The van der Waals surface area contributed by atoms with Crippen molar-refractivity contribution in [2.75, 3.05) is 0 Å². The minimum Gasteiger partial charge on any atom is -0.412 e. The Morgan fingerprint density at radius 1 is 0.0667 bits per heavy atom. The predicted octanol–water partition coefficient (Wildman–Crippen LogP) is -26.5. The smallest absolute Gasteiger partial charge is 0.187 e. The fourth-order valence-corrected chi connectivity index (χ4v) is 0. The zero-order valence-corrected chi connectivity index (χ0v) is 12.5. The van der Waals surface area contributed by atoms with Crippen LogP contribution in [0.15, 0.2) is 0 Å². The molecule has 0 aliphatic rings. The van der Waals surface area contributed by atoms with Gasteiger partial charge in [-0.05, 0) is 0 Å². The quantitative estimate of drug-likeness (QED) is 0.234. The zero-order valence-electron chi connectivity index (χ0n) is 12.5. The van der Waals surface area contributed by atoms with E-state index in [4.69, 9.17) is 0 Å². The van der Waals surface area contributed by atoms with Crippen molar-refractivity contribution in [3.05, 3.63) is 0 Å². The van der Waals surface area contributed by atoms with Gasteiger partial charge in [-0.15, -0.1) is 0 Å². The van der Waals surface area contributed by atoms with Crippen LogP contribution in [0.3, 0.4) is 0 Å². The topological polar surface area (TPSA) is 788 Å². The molecule has 0 amide bonds. The Morgan fingerprint density at radius 3 is 0.0667 bits per heavy atom. The lowest BCUT2D eigenvalue weighted by Gasteiger charge is -0.413. The highest BCUT2D eigenvalue weighted by molar-refractivity contribution is 5.76. The standard InChI is InChI=1S/5Al.25H2O.15H/h;;;;;25*1H2;;;;;;;;;;;;;;;. The molecule has 30 heteroatoms. The lowest BCUT2D eigenvalue weighted by Crippen LogP contribution is -0.382. The first kappa shape index (κ1) is 10800. The first-order chi connectivity index (χ1) is 0. The van der Waals surface area contributed by atoms with Gasteiger partial charge in [-0.3, -0.25) is 0 Å². The predicted molar refractivity (Wildman–Crippen MR) is 140 cm³/mol. The van der Waals surface area contributed by atoms with Crippen LogP contribution < -0.4 is 0 Å². The summed E-state index contributed by atoms with van der Waals surface area (Å²) < 4.78 is 0. The molecule has 0 aromatic rings. The highest BCUT2D eigenvalue weighted by Crippen LogP contribution is -0.264. The van der Waals surface area contributed by atoms with Crippen molar-refractivity contribution in [3.8, 4) is 0 Å². The summed E-state index contributed by atoms with van der Waals surface area (Å²) in [4.78, 5) is 0. The third kappa shape index (κ3) is 8820. The van der Waals surface area contributed by atoms with E-state index in [2.05, 4.69) is 0 Å². The van der Waals surface area contributed by atoms with E-state index in [0.717, 1.165) is 0 Å². The largest absolute Gasteiger partial charge is 0.412 e. The van der Waals surface area contributed by atoms with Gasteiger partial charge < -0.3 is 137 Å². The van der Waals surface area contributed by atoms with Crippen molar-refractivity contribution in [3.63, 3.8) is 0 Å². The summed E-state index contributed by atoms with van der Waals surface area (Å²) in [5.74, 6) is 0. The van der Waals surface area contributed by atoms with Crippen molar-refractivity contribution < 1.29 is 137 Å². The molecule has 0 aliphatic carbocycles. The van der Waals surface area contributed by atoms with Crippen LogP contribution in [0.25, 0.3) is 0 Å². The highest BCUT2D eigenvalue weighted by atomic mass is 27.0. The van der Waals surface area contributed by atoms with Gasteiger partial charge in [0.1, 0.15) is 0 Å². The molecule has 25 nitrogen and oxygen atoms in total. The average molecular weight is 600 g/mol. The molecule has 0 fully saturated rings. The van der Waals surface area contributed by atoms with Gasteiger partial charge in [0.2, 0.25) is 0 Å². The lowest BCUT2D eigenvalue weighted by atomic mass is 16.0. The van der Waals surface area contributed by atoms with Gasteiger partial charge in [0, 0.05) is 0 Å². The van der Waals surface area contributed by atoms with Crippen LogP contribution >= 0.6 is 0 Å². The molecule has 0 saturated heterocycles.